The van der Waals surface area contributed by atoms with E-state index in [9.17, 15) is 15.3 Å². The molecule has 0 amide bonds. The maximum Gasteiger partial charge on any atom is 0.119 e. The first kappa shape index (κ1) is 22.6. The fourth-order valence-electron chi connectivity index (χ4n) is 6.32. The number of hydrogen-bond donors (Lipinski definition) is 3. The predicted octanol–water partition coefficient (Wildman–Crippen LogP) is 4.76. The van der Waals surface area contributed by atoms with Crippen LogP contribution >= 0.6 is 0 Å². The molecule has 0 bridgehead atoms. The van der Waals surface area contributed by atoms with E-state index in [2.05, 4.69) is 37.8 Å². The summed E-state index contributed by atoms with van der Waals surface area (Å²) in [4.78, 5) is 0. The average Bonchev–Trinajstić information content (AvgIpc) is 2.95. The number of aliphatic hydroxyl groups is 3. The molecule has 6 atom stereocenters. The fourth-order valence-corrected chi connectivity index (χ4v) is 6.32. The molecular weight excluding hydrogens is 360 g/mol. The Kier molecular flexibility index (Phi) is 6.99. The highest BCUT2D eigenvalue weighted by atomic mass is 16.3. The number of allylic oxidation sites excluding steroid dienone is 3. The average molecular weight is 401 g/mol. The second-order valence-corrected chi connectivity index (χ2v) is 10.7. The molecule has 3 fully saturated rings. The highest BCUT2D eigenvalue weighted by molar-refractivity contribution is 5.26. The molecule has 0 saturated heterocycles. The summed E-state index contributed by atoms with van der Waals surface area (Å²) in [6.07, 6.45) is 12.7. The van der Waals surface area contributed by atoms with Crippen molar-refractivity contribution in [3.8, 4) is 11.8 Å². The Morgan fingerprint density at radius 1 is 1.17 bits per heavy atom. The molecule has 162 valence electrons. The number of rotatable bonds is 3. The molecule has 3 aliphatic rings. The third-order valence-corrected chi connectivity index (χ3v) is 7.62. The van der Waals surface area contributed by atoms with Crippen molar-refractivity contribution >= 4 is 0 Å². The van der Waals surface area contributed by atoms with Crippen molar-refractivity contribution in [1.29, 1.82) is 0 Å². The third-order valence-electron chi connectivity index (χ3n) is 7.62. The van der Waals surface area contributed by atoms with E-state index in [1.165, 1.54) is 37.7 Å². The smallest absolute Gasteiger partial charge is 0.119 e. The minimum Gasteiger partial charge on any atom is -0.393 e. The number of hydrogen-bond acceptors (Lipinski definition) is 3. The summed E-state index contributed by atoms with van der Waals surface area (Å²) in [5, 5.41) is 29.7. The molecule has 0 aromatic rings. The van der Waals surface area contributed by atoms with Gasteiger partial charge in [-0.05, 0) is 88.4 Å². The van der Waals surface area contributed by atoms with Crippen molar-refractivity contribution in [2.75, 3.05) is 0 Å². The lowest BCUT2D eigenvalue weighted by Crippen LogP contribution is -2.36. The molecule has 3 heteroatoms. The van der Waals surface area contributed by atoms with E-state index < -0.39 is 17.8 Å². The van der Waals surface area contributed by atoms with Crippen molar-refractivity contribution in [2.45, 2.75) is 103 Å². The van der Waals surface area contributed by atoms with E-state index in [0.717, 1.165) is 6.42 Å². The van der Waals surface area contributed by atoms with Gasteiger partial charge in [0.2, 0.25) is 0 Å². The summed E-state index contributed by atoms with van der Waals surface area (Å²) in [6.45, 7) is 8.31. The standard InChI is InChI=1S/C26H40O3/c1-18(7-5-13-25(2,3)29)23-11-12-24-20(8-6-14-26(23,24)4)10-9-19-15-21(27)17-22(28)16-19/h9-10,18,21-24,27-29H,6-8,11-12,14-17H2,1-4H3/b20-10+/t18-,21-,22-,23-,24-,26-/m1/s1. The second-order valence-electron chi connectivity index (χ2n) is 10.7. The molecular formula is C26H40O3. The Balaban J connectivity index is 1.71. The first-order chi connectivity index (χ1) is 13.6. The maximum atomic E-state index is 9.95. The summed E-state index contributed by atoms with van der Waals surface area (Å²) in [5.74, 6) is 8.07. The molecule has 0 radical (unpaired) electrons. The van der Waals surface area contributed by atoms with Crippen LogP contribution in [0.25, 0.3) is 0 Å². The van der Waals surface area contributed by atoms with E-state index in [4.69, 9.17) is 0 Å². The van der Waals surface area contributed by atoms with Crippen molar-refractivity contribution in [1.82, 2.24) is 0 Å². The first-order valence-corrected chi connectivity index (χ1v) is 11.6. The lowest BCUT2D eigenvalue weighted by Gasteiger charge is -2.44. The van der Waals surface area contributed by atoms with Gasteiger partial charge < -0.3 is 15.3 Å². The highest BCUT2D eigenvalue weighted by Gasteiger charge is 2.50. The Bertz CT molecular complexity index is 690. The quantitative estimate of drug-likeness (QED) is 0.599. The van der Waals surface area contributed by atoms with Crippen LogP contribution < -0.4 is 0 Å². The van der Waals surface area contributed by atoms with Crippen LogP contribution in [0.4, 0.5) is 0 Å². The molecule has 3 nitrogen and oxygen atoms in total. The Labute approximate surface area is 177 Å². The van der Waals surface area contributed by atoms with Crippen LogP contribution in [-0.4, -0.2) is 33.1 Å². The lowest BCUT2D eigenvalue weighted by molar-refractivity contribution is 0.0609. The van der Waals surface area contributed by atoms with Gasteiger partial charge in [-0.1, -0.05) is 43.1 Å². The van der Waals surface area contributed by atoms with Crippen molar-refractivity contribution in [3.63, 3.8) is 0 Å². The summed E-state index contributed by atoms with van der Waals surface area (Å²) in [5.41, 5.74) is 2.18. The van der Waals surface area contributed by atoms with Crippen molar-refractivity contribution in [3.05, 3.63) is 23.3 Å². The van der Waals surface area contributed by atoms with Crippen molar-refractivity contribution in [2.24, 2.45) is 23.2 Å². The zero-order valence-electron chi connectivity index (χ0n) is 18.7. The zero-order chi connectivity index (χ0) is 21.2. The minimum absolute atomic E-state index is 0.337. The minimum atomic E-state index is -0.906. The zero-order valence-corrected chi connectivity index (χ0v) is 18.7. The van der Waals surface area contributed by atoms with Gasteiger partial charge in [0.05, 0.1) is 12.2 Å². The molecule has 0 heterocycles. The molecule has 3 saturated carbocycles. The van der Waals surface area contributed by atoms with Gasteiger partial charge in [0.25, 0.3) is 0 Å². The molecule has 3 aliphatic carbocycles. The van der Waals surface area contributed by atoms with Gasteiger partial charge in [-0.15, -0.1) is 5.92 Å². The molecule has 3 rings (SSSR count). The topological polar surface area (TPSA) is 60.7 Å². The van der Waals surface area contributed by atoms with Crippen LogP contribution in [0.5, 0.6) is 0 Å². The van der Waals surface area contributed by atoms with Crippen molar-refractivity contribution < 1.29 is 15.3 Å². The molecule has 29 heavy (non-hydrogen) atoms. The summed E-state index contributed by atoms with van der Waals surface area (Å²) in [6, 6.07) is 0. The van der Waals surface area contributed by atoms with Gasteiger partial charge >= 0.3 is 0 Å². The molecule has 0 aromatic heterocycles. The molecule has 3 N–H and O–H groups in total. The van der Waals surface area contributed by atoms with E-state index >= 15 is 0 Å². The Morgan fingerprint density at radius 3 is 2.52 bits per heavy atom. The second kappa shape index (κ2) is 8.96. The van der Waals surface area contributed by atoms with Gasteiger partial charge in [0.15, 0.2) is 0 Å². The number of aliphatic hydroxyl groups excluding tert-OH is 2. The Morgan fingerprint density at radius 2 is 1.86 bits per heavy atom. The van der Waals surface area contributed by atoms with Gasteiger partial charge in [-0.3, -0.25) is 0 Å². The summed E-state index contributed by atoms with van der Waals surface area (Å²) < 4.78 is 0. The highest BCUT2D eigenvalue weighted by Crippen LogP contribution is 2.59. The first-order valence-electron chi connectivity index (χ1n) is 11.6. The Hall–Kier alpha value is -1.08. The van der Waals surface area contributed by atoms with Crippen LogP contribution in [0.3, 0.4) is 0 Å². The van der Waals surface area contributed by atoms with E-state index in [-0.39, 0.29) is 0 Å². The van der Waals surface area contributed by atoms with E-state index in [1.807, 2.05) is 0 Å². The van der Waals surface area contributed by atoms with Crippen LogP contribution in [0, 0.1) is 35.0 Å². The summed E-state index contributed by atoms with van der Waals surface area (Å²) >= 11 is 0. The van der Waals surface area contributed by atoms with Gasteiger partial charge in [0.1, 0.15) is 5.60 Å². The molecule has 0 unspecified atom stereocenters. The van der Waals surface area contributed by atoms with Crippen LogP contribution in [0.1, 0.15) is 85.5 Å². The van der Waals surface area contributed by atoms with Gasteiger partial charge in [-0.2, -0.15) is 0 Å². The van der Waals surface area contributed by atoms with Crippen LogP contribution in [0.15, 0.2) is 23.3 Å². The lowest BCUT2D eigenvalue weighted by atomic mass is 9.61. The largest absolute Gasteiger partial charge is 0.393 e. The molecule has 0 aromatic carbocycles. The van der Waals surface area contributed by atoms with Crippen LogP contribution in [0.2, 0.25) is 0 Å². The van der Waals surface area contributed by atoms with E-state index in [0.29, 0.717) is 42.4 Å². The predicted molar refractivity (Wildman–Crippen MR) is 118 cm³/mol. The van der Waals surface area contributed by atoms with Gasteiger partial charge in [-0.25, -0.2) is 0 Å². The van der Waals surface area contributed by atoms with Crippen LogP contribution in [-0.2, 0) is 0 Å². The third kappa shape index (κ3) is 5.54. The maximum absolute atomic E-state index is 9.95. The van der Waals surface area contributed by atoms with Gasteiger partial charge in [0, 0.05) is 6.42 Å². The summed E-state index contributed by atoms with van der Waals surface area (Å²) in [7, 11) is 0. The fraction of sp³-hybridized carbons (Fsp3) is 0.769. The molecule has 0 aliphatic heterocycles. The normalized spacial score (nSPS) is 37.6. The molecule has 0 spiro atoms. The monoisotopic (exact) mass is 400 g/mol. The number of fused-ring (bicyclic) bond motifs is 1. The van der Waals surface area contributed by atoms with E-state index in [1.54, 1.807) is 19.4 Å². The SMILES string of the molecule is C[C@H](CC#CC(C)(C)O)[C@H]1CC[C@@H]2/C(=C/C=C3C[C@@H](O)C[C@H](O)C3)CCC[C@@]21C.